The Hall–Kier alpha value is -3.01. The first kappa shape index (κ1) is 20.9. The molecule has 0 bridgehead atoms. The van der Waals surface area contributed by atoms with Gasteiger partial charge in [-0.25, -0.2) is 5.01 Å². The number of alkyl halides is 1. The summed E-state index contributed by atoms with van der Waals surface area (Å²) in [6, 6.07) is 23.0. The number of carbonyl (C=O) groups excluding carboxylic acids is 1. The highest BCUT2D eigenvalue weighted by Gasteiger charge is 2.66. The van der Waals surface area contributed by atoms with Gasteiger partial charge >= 0.3 is 5.97 Å². The van der Waals surface area contributed by atoms with E-state index >= 15 is 0 Å². The summed E-state index contributed by atoms with van der Waals surface area (Å²) in [7, 11) is 1.40. The predicted molar refractivity (Wildman–Crippen MR) is 127 cm³/mol. The first-order chi connectivity index (χ1) is 15.6. The second-order valence-corrected chi connectivity index (χ2v) is 8.90. The summed E-state index contributed by atoms with van der Waals surface area (Å²) in [5, 5.41) is 14.9. The fraction of sp³-hybridized carbons (Fsp3) is 0.200. The van der Waals surface area contributed by atoms with Crippen molar-refractivity contribution in [2.45, 2.75) is 11.6 Å². The summed E-state index contributed by atoms with van der Waals surface area (Å²) in [6.45, 7) is 0. The Morgan fingerprint density at radius 3 is 2.12 bits per heavy atom. The van der Waals surface area contributed by atoms with Crippen LogP contribution in [0.5, 0.6) is 0 Å². The van der Waals surface area contributed by atoms with Crippen LogP contribution in [0.15, 0.2) is 72.8 Å². The number of nitriles is 1. The maximum Gasteiger partial charge on any atom is 0.314 e. The molecule has 1 fully saturated rings. The van der Waals surface area contributed by atoms with Gasteiger partial charge in [0.25, 0.3) is 0 Å². The van der Waals surface area contributed by atoms with Gasteiger partial charge in [-0.05, 0) is 46.5 Å². The number of fused-ring (bicyclic) bond motifs is 5. The zero-order valence-electron chi connectivity index (χ0n) is 17.2. The topological polar surface area (TPSA) is 56.6 Å². The number of hydrazine groups is 1. The third kappa shape index (κ3) is 2.65. The van der Waals surface area contributed by atoms with Crippen molar-refractivity contribution in [1.29, 1.82) is 5.26 Å². The van der Waals surface area contributed by atoms with Gasteiger partial charge in [0.2, 0.25) is 0 Å². The molecule has 5 nitrogen and oxygen atoms in total. The number of hydrogen-bond donors (Lipinski definition) is 0. The van der Waals surface area contributed by atoms with Crippen molar-refractivity contribution >= 4 is 39.2 Å². The summed E-state index contributed by atoms with van der Waals surface area (Å²) < 4.78 is 5.34. The quantitative estimate of drug-likeness (QED) is 0.272. The summed E-state index contributed by atoms with van der Waals surface area (Å²) >= 11 is 9.75. The van der Waals surface area contributed by atoms with Crippen LogP contribution in [0.2, 0.25) is 5.02 Å². The highest BCUT2D eigenvalue weighted by molar-refractivity contribution is 9.09. The molecule has 0 saturated carbocycles. The average molecular weight is 509 g/mol. The minimum absolute atomic E-state index is 0.363. The van der Waals surface area contributed by atoms with E-state index < -0.39 is 17.5 Å². The van der Waals surface area contributed by atoms with Crippen LogP contribution in [0, 0.1) is 17.4 Å². The van der Waals surface area contributed by atoms with Gasteiger partial charge in [0, 0.05) is 10.4 Å². The van der Waals surface area contributed by atoms with Gasteiger partial charge < -0.3 is 4.74 Å². The molecule has 0 N–H and O–H groups in total. The SMILES string of the molecule is COC(=O)[C@@H]1[C@H](CBr)N(C#N)N(c2ccc(Cl)cc2)C12c1ccccc1-c1ccccc12. The number of ether oxygens (including phenoxy) is 1. The van der Waals surface area contributed by atoms with Crippen molar-refractivity contribution in [3.05, 3.63) is 88.9 Å². The molecule has 160 valence electrons. The maximum atomic E-state index is 13.4. The summed E-state index contributed by atoms with van der Waals surface area (Å²) in [5.74, 6) is -1.02. The molecule has 0 radical (unpaired) electrons. The van der Waals surface area contributed by atoms with Gasteiger partial charge in [-0.15, -0.1) is 0 Å². The maximum absolute atomic E-state index is 13.4. The van der Waals surface area contributed by atoms with E-state index in [4.69, 9.17) is 16.3 Å². The lowest BCUT2D eigenvalue weighted by molar-refractivity contribution is -0.147. The average Bonchev–Trinajstić information content (AvgIpc) is 3.30. The van der Waals surface area contributed by atoms with Crippen LogP contribution in [0.25, 0.3) is 11.1 Å². The molecule has 2 aliphatic rings. The number of nitrogens with zero attached hydrogens (tertiary/aromatic N) is 3. The number of anilines is 1. The van der Waals surface area contributed by atoms with E-state index in [0.717, 1.165) is 27.9 Å². The van der Waals surface area contributed by atoms with E-state index in [-0.39, 0.29) is 5.97 Å². The number of methoxy groups -OCH3 is 1. The molecule has 0 amide bonds. The number of hydrogen-bond acceptors (Lipinski definition) is 5. The Bertz CT molecular complexity index is 1190. The molecule has 1 spiro atoms. The molecule has 1 aliphatic carbocycles. The van der Waals surface area contributed by atoms with Crippen LogP contribution in [0.1, 0.15) is 11.1 Å². The summed E-state index contributed by atoms with van der Waals surface area (Å²) in [6.07, 6.45) is 2.34. The number of esters is 1. The lowest BCUT2D eigenvalue weighted by Crippen LogP contribution is -2.50. The molecule has 5 rings (SSSR count). The van der Waals surface area contributed by atoms with Crippen molar-refractivity contribution in [1.82, 2.24) is 5.01 Å². The monoisotopic (exact) mass is 507 g/mol. The van der Waals surface area contributed by atoms with E-state index in [0.29, 0.717) is 10.4 Å². The largest absolute Gasteiger partial charge is 0.469 e. The summed E-state index contributed by atoms with van der Waals surface area (Å²) in [5.41, 5.74) is 3.83. The van der Waals surface area contributed by atoms with Crippen molar-refractivity contribution < 1.29 is 9.53 Å². The molecule has 0 unspecified atom stereocenters. The number of rotatable bonds is 3. The summed E-state index contributed by atoms with van der Waals surface area (Å²) in [4.78, 5) is 13.4. The van der Waals surface area contributed by atoms with E-state index in [9.17, 15) is 10.1 Å². The Morgan fingerprint density at radius 2 is 1.62 bits per heavy atom. The van der Waals surface area contributed by atoms with Gasteiger partial charge in [0.05, 0.1) is 18.8 Å². The van der Waals surface area contributed by atoms with E-state index in [1.807, 2.05) is 53.5 Å². The second kappa shape index (κ2) is 7.84. The van der Waals surface area contributed by atoms with Crippen molar-refractivity contribution in [3.63, 3.8) is 0 Å². The van der Waals surface area contributed by atoms with Crippen LogP contribution in [-0.4, -0.2) is 29.5 Å². The third-order valence-corrected chi connectivity index (χ3v) is 7.37. The first-order valence-electron chi connectivity index (χ1n) is 10.2. The van der Waals surface area contributed by atoms with Crippen molar-refractivity contribution in [2.75, 3.05) is 17.4 Å². The van der Waals surface area contributed by atoms with Crippen LogP contribution in [0.4, 0.5) is 5.69 Å². The zero-order valence-corrected chi connectivity index (χ0v) is 19.5. The Labute approximate surface area is 199 Å². The lowest BCUT2D eigenvalue weighted by atomic mass is 9.74. The molecule has 0 aromatic heterocycles. The van der Waals surface area contributed by atoms with Gasteiger partial charge in [-0.1, -0.05) is 76.1 Å². The molecular formula is C25H19BrClN3O2. The van der Waals surface area contributed by atoms with Gasteiger partial charge in [0.15, 0.2) is 6.19 Å². The predicted octanol–water partition coefficient (Wildman–Crippen LogP) is 5.33. The number of carbonyl (C=O) groups is 1. The van der Waals surface area contributed by atoms with E-state index in [1.165, 1.54) is 7.11 Å². The smallest absolute Gasteiger partial charge is 0.314 e. The molecule has 3 aromatic carbocycles. The fourth-order valence-corrected chi connectivity index (χ4v) is 6.09. The van der Waals surface area contributed by atoms with Crippen LogP contribution in [-0.2, 0) is 15.1 Å². The highest BCUT2D eigenvalue weighted by Crippen LogP contribution is 2.60. The third-order valence-electron chi connectivity index (χ3n) is 6.45. The van der Waals surface area contributed by atoms with Gasteiger partial charge in [0.1, 0.15) is 11.5 Å². The Kier molecular flexibility index (Phi) is 5.11. The molecule has 32 heavy (non-hydrogen) atoms. The highest BCUT2D eigenvalue weighted by atomic mass is 79.9. The fourth-order valence-electron chi connectivity index (χ4n) is 5.32. The van der Waals surface area contributed by atoms with Gasteiger partial charge in [-0.3, -0.25) is 9.80 Å². The molecule has 1 saturated heterocycles. The van der Waals surface area contributed by atoms with E-state index in [2.05, 4.69) is 34.3 Å². The van der Waals surface area contributed by atoms with E-state index in [1.54, 1.807) is 17.1 Å². The Morgan fingerprint density at radius 1 is 1.06 bits per heavy atom. The normalized spacial score (nSPS) is 20.1. The minimum Gasteiger partial charge on any atom is -0.469 e. The Balaban J connectivity index is 1.92. The van der Waals surface area contributed by atoms with Gasteiger partial charge in [-0.2, -0.15) is 5.26 Å². The molecule has 3 aromatic rings. The van der Waals surface area contributed by atoms with Crippen molar-refractivity contribution in [2.24, 2.45) is 5.92 Å². The van der Waals surface area contributed by atoms with Crippen LogP contribution < -0.4 is 5.01 Å². The first-order valence-corrected chi connectivity index (χ1v) is 11.7. The van der Waals surface area contributed by atoms with Crippen molar-refractivity contribution in [3.8, 4) is 17.3 Å². The number of benzene rings is 3. The molecule has 1 heterocycles. The zero-order chi connectivity index (χ0) is 22.5. The number of halogens is 2. The minimum atomic E-state index is -0.956. The molecular weight excluding hydrogens is 490 g/mol. The molecule has 2 atom stereocenters. The van der Waals surface area contributed by atoms with Crippen LogP contribution >= 0.6 is 27.5 Å². The van der Waals surface area contributed by atoms with Crippen LogP contribution in [0.3, 0.4) is 0 Å². The lowest BCUT2D eigenvalue weighted by Gasteiger charge is -2.41. The second-order valence-electron chi connectivity index (χ2n) is 7.81. The molecule has 1 aliphatic heterocycles. The standard InChI is InChI=1S/C25H19BrClN3O2/c1-32-24(31)23-22(14-26)29(15-28)30(17-12-10-16(27)11-13-17)25(23)20-8-4-2-6-18(20)19-7-3-5-9-21(19)25/h2-13,22-23H,14H2,1H3/t22-,23-/m0/s1. The molecule has 7 heteroatoms.